The van der Waals surface area contributed by atoms with Gasteiger partial charge in [-0.3, -0.25) is 4.79 Å². The molecule has 128 valence electrons. The third kappa shape index (κ3) is 2.64. The minimum atomic E-state index is -0.00387. The zero-order valence-electron chi connectivity index (χ0n) is 14.6. The first-order chi connectivity index (χ1) is 11.9. The molecule has 0 aliphatic carbocycles. The van der Waals surface area contributed by atoms with Crippen LogP contribution >= 0.6 is 11.3 Å². The van der Waals surface area contributed by atoms with E-state index in [-0.39, 0.29) is 11.8 Å². The largest absolute Gasteiger partial charge is 0.310 e. The zero-order valence-corrected chi connectivity index (χ0v) is 15.4. The van der Waals surface area contributed by atoms with Gasteiger partial charge in [-0.25, -0.2) is 9.97 Å². The quantitative estimate of drug-likeness (QED) is 0.766. The van der Waals surface area contributed by atoms with Crippen molar-refractivity contribution in [2.45, 2.75) is 40.0 Å². The molecular formula is C18H19N5OS. The molecule has 7 heteroatoms. The molecule has 1 N–H and O–H groups in total. The molecule has 1 atom stereocenters. The van der Waals surface area contributed by atoms with Crippen molar-refractivity contribution >= 4 is 23.1 Å². The Labute approximate surface area is 149 Å². The molecule has 25 heavy (non-hydrogen) atoms. The second kappa shape index (κ2) is 5.77. The summed E-state index contributed by atoms with van der Waals surface area (Å²) in [6, 6.07) is 4.02. The van der Waals surface area contributed by atoms with E-state index in [4.69, 9.17) is 0 Å². The Bertz CT molecular complexity index is 967. The van der Waals surface area contributed by atoms with E-state index in [9.17, 15) is 4.79 Å². The van der Waals surface area contributed by atoms with Crippen LogP contribution in [-0.2, 0) is 4.79 Å². The Balaban J connectivity index is 1.92. The monoisotopic (exact) mass is 353 g/mol. The SMILES string of the molecule is Cc1cc(C)nc(-n2nc(C)c3c2NC(=O)C[C@@H]3c2sccc2C)n1. The zero-order chi connectivity index (χ0) is 17.7. The third-order valence-electron chi connectivity index (χ3n) is 4.48. The van der Waals surface area contributed by atoms with Crippen molar-refractivity contribution in [3.05, 3.63) is 50.6 Å². The number of hydrogen-bond acceptors (Lipinski definition) is 5. The van der Waals surface area contributed by atoms with Crippen LogP contribution in [0, 0.1) is 27.7 Å². The lowest BCUT2D eigenvalue weighted by atomic mass is 9.89. The smallest absolute Gasteiger partial charge is 0.252 e. The van der Waals surface area contributed by atoms with Gasteiger partial charge >= 0.3 is 0 Å². The van der Waals surface area contributed by atoms with Crippen molar-refractivity contribution < 1.29 is 4.79 Å². The van der Waals surface area contributed by atoms with Crippen LogP contribution in [0.3, 0.4) is 0 Å². The summed E-state index contributed by atoms with van der Waals surface area (Å²) in [4.78, 5) is 22.6. The summed E-state index contributed by atoms with van der Waals surface area (Å²) in [6.07, 6.45) is 0.439. The van der Waals surface area contributed by atoms with Crippen LogP contribution in [0.4, 0.5) is 5.82 Å². The van der Waals surface area contributed by atoms with E-state index in [1.54, 1.807) is 16.0 Å². The molecule has 4 rings (SSSR count). The van der Waals surface area contributed by atoms with E-state index in [0.717, 1.165) is 22.6 Å². The Morgan fingerprint density at radius 3 is 2.56 bits per heavy atom. The van der Waals surface area contributed by atoms with Crippen molar-refractivity contribution in [3.63, 3.8) is 0 Å². The first kappa shape index (κ1) is 16.0. The van der Waals surface area contributed by atoms with Gasteiger partial charge < -0.3 is 5.32 Å². The second-order valence-electron chi connectivity index (χ2n) is 6.48. The molecule has 0 unspecified atom stereocenters. The summed E-state index contributed by atoms with van der Waals surface area (Å²) in [6.45, 7) is 7.92. The minimum Gasteiger partial charge on any atom is -0.310 e. The van der Waals surface area contributed by atoms with Crippen LogP contribution in [0.25, 0.3) is 5.95 Å². The van der Waals surface area contributed by atoms with Gasteiger partial charge in [-0.05, 0) is 50.8 Å². The maximum absolute atomic E-state index is 12.4. The number of anilines is 1. The van der Waals surface area contributed by atoms with Crippen molar-refractivity contribution in [3.8, 4) is 5.95 Å². The molecule has 1 aliphatic heterocycles. The predicted molar refractivity (Wildman–Crippen MR) is 97.5 cm³/mol. The highest BCUT2D eigenvalue weighted by atomic mass is 32.1. The van der Waals surface area contributed by atoms with Gasteiger partial charge in [-0.1, -0.05) is 0 Å². The lowest BCUT2D eigenvalue weighted by Gasteiger charge is -2.23. The number of thiophene rings is 1. The highest BCUT2D eigenvalue weighted by Gasteiger charge is 2.34. The summed E-state index contributed by atoms with van der Waals surface area (Å²) in [5.74, 6) is 1.21. The molecule has 0 fully saturated rings. The van der Waals surface area contributed by atoms with Crippen LogP contribution in [-0.4, -0.2) is 25.7 Å². The molecule has 0 saturated carbocycles. The normalized spacial score (nSPS) is 16.6. The standard InChI is InChI=1S/C18H19N5OS/c1-9-5-6-25-16(9)13-8-14(24)21-17-15(13)12(4)22-23(17)18-19-10(2)7-11(3)20-18/h5-7,13H,8H2,1-4H3,(H,21,24)/t13-/m0/s1. The number of nitrogens with one attached hydrogen (secondary N) is 1. The van der Waals surface area contributed by atoms with E-state index in [0.29, 0.717) is 18.2 Å². The molecule has 0 spiro atoms. The van der Waals surface area contributed by atoms with Crippen molar-refractivity contribution in [2.24, 2.45) is 0 Å². The number of carbonyl (C=O) groups is 1. The summed E-state index contributed by atoms with van der Waals surface area (Å²) >= 11 is 1.69. The van der Waals surface area contributed by atoms with E-state index in [2.05, 4.69) is 38.8 Å². The van der Waals surface area contributed by atoms with Gasteiger partial charge in [0.2, 0.25) is 5.91 Å². The van der Waals surface area contributed by atoms with Crippen LogP contribution in [0.5, 0.6) is 0 Å². The Kier molecular flexibility index (Phi) is 3.68. The second-order valence-corrected chi connectivity index (χ2v) is 7.43. The molecule has 0 saturated heterocycles. The number of nitrogens with zero attached hydrogens (tertiary/aromatic N) is 4. The van der Waals surface area contributed by atoms with Gasteiger partial charge in [0.1, 0.15) is 5.82 Å². The number of aryl methyl sites for hydroxylation is 4. The maximum atomic E-state index is 12.4. The molecule has 0 radical (unpaired) electrons. The van der Waals surface area contributed by atoms with Gasteiger partial charge in [-0.15, -0.1) is 11.3 Å². The first-order valence-corrected chi connectivity index (χ1v) is 9.08. The van der Waals surface area contributed by atoms with E-state index < -0.39 is 0 Å². The highest BCUT2D eigenvalue weighted by Crippen LogP contribution is 2.42. The van der Waals surface area contributed by atoms with Crippen molar-refractivity contribution in [1.82, 2.24) is 19.7 Å². The average Bonchev–Trinajstić information content (AvgIpc) is 3.09. The number of amides is 1. The molecule has 1 aliphatic rings. The fourth-order valence-electron chi connectivity index (χ4n) is 3.46. The summed E-state index contributed by atoms with van der Waals surface area (Å²) in [5, 5.41) is 9.71. The van der Waals surface area contributed by atoms with Crippen molar-refractivity contribution in [2.75, 3.05) is 5.32 Å². The van der Waals surface area contributed by atoms with Gasteiger partial charge in [0.05, 0.1) is 5.69 Å². The number of aromatic nitrogens is 4. The molecule has 0 aromatic carbocycles. The predicted octanol–water partition coefficient (Wildman–Crippen LogP) is 3.43. The van der Waals surface area contributed by atoms with Crippen LogP contribution < -0.4 is 5.32 Å². The summed E-state index contributed by atoms with van der Waals surface area (Å²) in [5.41, 5.74) is 4.92. The number of fused-ring (bicyclic) bond motifs is 1. The van der Waals surface area contributed by atoms with Crippen LogP contribution in [0.15, 0.2) is 17.5 Å². The number of hydrogen-bond donors (Lipinski definition) is 1. The Morgan fingerprint density at radius 1 is 1.20 bits per heavy atom. The molecular weight excluding hydrogens is 334 g/mol. The topological polar surface area (TPSA) is 72.7 Å². The third-order valence-corrected chi connectivity index (χ3v) is 5.61. The molecule has 0 bridgehead atoms. The fourth-order valence-corrected chi connectivity index (χ4v) is 4.50. The highest BCUT2D eigenvalue weighted by molar-refractivity contribution is 7.10. The first-order valence-electron chi connectivity index (χ1n) is 8.20. The van der Waals surface area contributed by atoms with Crippen LogP contribution in [0.1, 0.15) is 45.4 Å². The fraction of sp³-hybridized carbons (Fsp3) is 0.333. The van der Waals surface area contributed by atoms with Gasteiger partial charge in [0.25, 0.3) is 5.95 Å². The maximum Gasteiger partial charge on any atom is 0.252 e. The molecule has 6 nitrogen and oxygen atoms in total. The molecule has 1 amide bonds. The molecule has 4 heterocycles. The Hall–Kier alpha value is -2.54. The van der Waals surface area contributed by atoms with Gasteiger partial charge in [0.15, 0.2) is 0 Å². The number of rotatable bonds is 2. The molecule has 3 aromatic rings. The van der Waals surface area contributed by atoms with Gasteiger partial charge in [0, 0.05) is 34.2 Å². The lowest BCUT2D eigenvalue weighted by molar-refractivity contribution is -0.116. The summed E-state index contributed by atoms with van der Waals surface area (Å²) < 4.78 is 1.66. The van der Waals surface area contributed by atoms with Crippen LogP contribution in [0.2, 0.25) is 0 Å². The van der Waals surface area contributed by atoms with E-state index in [1.807, 2.05) is 26.8 Å². The Morgan fingerprint density at radius 2 is 1.92 bits per heavy atom. The lowest BCUT2D eigenvalue weighted by Crippen LogP contribution is -2.25. The number of carbonyl (C=O) groups excluding carboxylic acids is 1. The summed E-state index contributed by atoms with van der Waals surface area (Å²) in [7, 11) is 0. The average molecular weight is 353 g/mol. The van der Waals surface area contributed by atoms with E-state index in [1.165, 1.54) is 10.4 Å². The minimum absolute atomic E-state index is 0.00387. The van der Waals surface area contributed by atoms with Crippen molar-refractivity contribution in [1.29, 1.82) is 0 Å². The van der Waals surface area contributed by atoms with Gasteiger partial charge in [-0.2, -0.15) is 9.78 Å². The van der Waals surface area contributed by atoms with E-state index >= 15 is 0 Å². The molecule has 3 aromatic heterocycles.